The van der Waals surface area contributed by atoms with Gasteiger partial charge in [0.2, 0.25) is 0 Å². The highest BCUT2D eigenvalue weighted by molar-refractivity contribution is 5.47. The molecular weight excluding hydrogens is 190 g/mol. The molecule has 0 atom stereocenters. The van der Waals surface area contributed by atoms with Crippen molar-refractivity contribution in [1.29, 1.82) is 0 Å². The summed E-state index contributed by atoms with van der Waals surface area (Å²) in [6.07, 6.45) is 1.59. The Labute approximate surface area is 90.9 Å². The lowest BCUT2D eigenvalue weighted by Crippen LogP contribution is -2.20. The zero-order chi connectivity index (χ0) is 11.1. The van der Waals surface area contributed by atoms with Crippen LogP contribution in [0.25, 0.3) is 0 Å². The van der Waals surface area contributed by atoms with E-state index >= 15 is 0 Å². The van der Waals surface area contributed by atoms with Crippen LogP contribution in [0.3, 0.4) is 0 Å². The second-order valence-electron chi connectivity index (χ2n) is 3.31. The molecule has 0 bridgehead atoms. The summed E-state index contributed by atoms with van der Waals surface area (Å²) in [5.41, 5.74) is 0. The molecule has 0 fully saturated rings. The van der Waals surface area contributed by atoms with Crippen molar-refractivity contribution in [3.8, 4) is 0 Å². The third kappa shape index (κ3) is 3.71. The Balaban J connectivity index is 2.57. The largest absolute Gasteiger partial charge is 0.369 e. The monoisotopic (exact) mass is 209 g/mol. The van der Waals surface area contributed by atoms with Crippen LogP contribution < -0.4 is 15.5 Å². The molecule has 0 aliphatic carbocycles. The first-order chi connectivity index (χ1) is 7.27. The van der Waals surface area contributed by atoms with Crippen LogP contribution in [0, 0.1) is 0 Å². The van der Waals surface area contributed by atoms with E-state index < -0.39 is 0 Å². The van der Waals surface area contributed by atoms with Gasteiger partial charge in [0.15, 0.2) is 0 Å². The molecule has 1 aromatic rings. The zero-order valence-corrected chi connectivity index (χ0v) is 9.62. The molecule has 5 heteroatoms. The van der Waals surface area contributed by atoms with Crippen LogP contribution in [0.15, 0.2) is 12.4 Å². The van der Waals surface area contributed by atoms with Crippen LogP contribution >= 0.6 is 0 Å². The summed E-state index contributed by atoms with van der Waals surface area (Å²) in [6.45, 7) is 4.81. The third-order valence-electron chi connectivity index (χ3n) is 2.20. The molecule has 0 amide bonds. The van der Waals surface area contributed by atoms with Gasteiger partial charge in [-0.3, -0.25) is 0 Å². The Morgan fingerprint density at radius 1 is 1.33 bits per heavy atom. The second kappa shape index (κ2) is 6.19. The zero-order valence-electron chi connectivity index (χ0n) is 9.62. The molecule has 0 aliphatic rings. The average Bonchev–Trinajstić information content (AvgIpc) is 2.29. The van der Waals surface area contributed by atoms with Crippen LogP contribution in [0.1, 0.15) is 6.92 Å². The average molecular weight is 209 g/mol. The topological polar surface area (TPSA) is 53.1 Å². The Bertz CT molecular complexity index is 289. The third-order valence-corrected chi connectivity index (χ3v) is 2.20. The Morgan fingerprint density at radius 2 is 2.13 bits per heavy atom. The van der Waals surface area contributed by atoms with Gasteiger partial charge < -0.3 is 15.5 Å². The summed E-state index contributed by atoms with van der Waals surface area (Å²) in [6, 6.07) is 1.96. The lowest BCUT2D eigenvalue weighted by Gasteiger charge is -2.15. The number of nitrogens with zero attached hydrogens (tertiary/aromatic N) is 3. The molecular formula is C10H19N5. The summed E-state index contributed by atoms with van der Waals surface area (Å²) in [5.74, 6) is 1.81. The quantitative estimate of drug-likeness (QED) is 0.671. The van der Waals surface area contributed by atoms with Crippen molar-refractivity contribution in [2.24, 2.45) is 0 Å². The van der Waals surface area contributed by atoms with Gasteiger partial charge in [0.05, 0.1) is 0 Å². The van der Waals surface area contributed by atoms with Gasteiger partial charge in [0.25, 0.3) is 0 Å². The van der Waals surface area contributed by atoms with Crippen LogP contribution in [0.4, 0.5) is 11.6 Å². The molecule has 1 aromatic heterocycles. The van der Waals surface area contributed by atoms with Crippen LogP contribution in [-0.4, -0.2) is 43.7 Å². The fraction of sp³-hybridized carbons (Fsp3) is 0.600. The lowest BCUT2D eigenvalue weighted by molar-refractivity contribution is 0.820. The standard InChI is InChI=1S/C10H19N5/c1-4-15(3)10-7-9(13-8-14-10)12-6-5-11-2/h7-8,11H,4-6H2,1-3H3,(H,12,13,14). The molecule has 84 valence electrons. The number of aromatic nitrogens is 2. The molecule has 0 radical (unpaired) electrons. The maximum absolute atomic E-state index is 4.20. The van der Waals surface area contributed by atoms with E-state index in [2.05, 4.69) is 32.4 Å². The smallest absolute Gasteiger partial charge is 0.133 e. The van der Waals surface area contributed by atoms with E-state index in [1.807, 2.05) is 20.2 Å². The number of hydrogen-bond acceptors (Lipinski definition) is 5. The molecule has 0 saturated carbocycles. The maximum Gasteiger partial charge on any atom is 0.133 e. The van der Waals surface area contributed by atoms with Crippen LogP contribution in [0.2, 0.25) is 0 Å². The number of rotatable bonds is 6. The first-order valence-electron chi connectivity index (χ1n) is 5.19. The van der Waals surface area contributed by atoms with Gasteiger partial charge in [-0.15, -0.1) is 0 Å². The van der Waals surface area contributed by atoms with Crippen molar-refractivity contribution in [2.75, 3.05) is 43.9 Å². The Morgan fingerprint density at radius 3 is 2.80 bits per heavy atom. The minimum Gasteiger partial charge on any atom is -0.369 e. The van der Waals surface area contributed by atoms with Gasteiger partial charge in [-0.25, -0.2) is 9.97 Å². The highest BCUT2D eigenvalue weighted by atomic mass is 15.2. The van der Waals surface area contributed by atoms with Gasteiger partial charge in [-0.1, -0.05) is 0 Å². The first kappa shape index (κ1) is 11.7. The fourth-order valence-corrected chi connectivity index (χ4v) is 1.13. The highest BCUT2D eigenvalue weighted by Gasteiger charge is 2.01. The molecule has 0 aliphatic heterocycles. The van der Waals surface area contributed by atoms with Crippen molar-refractivity contribution in [1.82, 2.24) is 15.3 Å². The van der Waals surface area contributed by atoms with E-state index in [0.717, 1.165) is 31.3 Å². The van der Waals surface area contributed by atoms with Gasteiger partial charge in [-0.2, -0.15) is 0 Å². The van der Waals surface area contributed by atoms with Gasteiger partial charge in [0, 0.05) is 32.7 Å². The predicted octanol–water partition coefficient (Wildman–Crippen LogP) is 0.564. The van der Waals surface area contributed by atoms with E-state index in [0.29, 0.717) is 0 Å². The van der Waals surface area contributed by atoms with E-state index in [-0.39, 0.29) is 0 Å². The predicted molar refractivity (Wildman–Crippen MR) is 63.4 cm³/mol. The minimum absolute atomic E-state index is 0.864. The van der Waals surface area contributed by atoms with Crippen LogP contribution in [-0.2, 0) is 0 Å². The number of anilines is 2. The van der Waals surface area contributed by atoms with Gasteiger partial charge in [0.1, 0.15) is 18.0 Å². The number of nitrogens with one attached hydrogen (secondary N) is 2. The van der Waals surface area contributed by atoms with Crippen molar-refractivity contribution in [3.05, 3.63) is 12.4 Å². The Hall–Kier alpha value is -1.36. The second-order valence-corrected chi connectivity index (χ2v) is 3.31. The van der Waals surface area contributed by atoms with Gasteiger partial charge >= 0.3 is 0 Å². The molecule has 0 spiro atoms. The van der Waals surface area contributed by atoms with E-state index in [1.165, 1.54) is 0 Å². The van der Waals surface area contributed by atoms with Crippen molar-refractivity contribution < 1.29 is 0 Å². The maximum atomic E-state index is 4.20. The summed E-state index contributed by atoms with van der Waals surface area (Å²) in [4.78, 5) is 10.4. The summed E-state index contributed by atoms with van der Waals surface area (Å²) in [5, 5.41) is 6.29. The summed E-state index contributed by atoms with van der Waals surface area (Å²) < 4.78 is 0. The van der Waals surface area contributed by atoms with Crippen molar-refractivity contribution in [3.63, 3.8) is 0 Å². The molecule has 5 nitrogen and oxygen atoms in total. The molecule has 2 N–H and O–H groups in total. The molecule has 0 unspecified atom stereocenters. The van der Waals surface area contributed by atoms with Gasteiger partial charge in [-0.05, 0) is 14.0 Å². The molecule has 0 saturated heterocycles. The number of likely N-dealkylation sites (N-methyl/N-ethyl adjacent to an activating group) is 1. The highest BCUT2D eigenvalue weighted by Crippen LogP contribution is 2.11. The van der Waals surface area contributed by atoms with Crippen molar-refractivity contribution >= 4 is 11.6 Å². The van der Waals surface area contributed by atoms with E-state index in [4.69, 9.17) is 0 Å². The SMILES string of the molecule is CCN(C)c1cc(NCCNC)ncn1. The molecule has 1 rings (SSSR count). The number of hydrogen-bond donors (Lipinski definition) is 2. The summed E-state index contributed by atoms with van der Waals surface area (Å²) in [7, 11) is 3.94. The van der Waals surface area contributed by atoms with E-state index in [1.54, 1.807) is 6.33 Å². The normalized spacial score (nSPS) is 10.1. The lowest BCUT2D eigenvalue weighted by atomic mass is 10.4. The summed E-state index contributed by atoms with van der Waals surface area (Å²) >= 11 is 0. The molecule has 1 heterocycles. The fourth-order valence-electron chi connectivity index (χ4n) is 1.13. The minimum atomic E-state index is 0.864. The van der Waals surface area contributed by atoms with Crippen LogP contribution in [0.5, 0.6) is 0 Å². The van der Waals surface area contributed by atoms with Crippen molar-refractivity contribution in [2.45, 2.75) is 6.92 Å². The Kier molecular flexibility index (Phi) is 4.83. The van der Waals surface area contributed by atoms with E-state index in [9.17, 15) is 0 Å². The molecule has 0 aromatic carbocycles. The first-order valence-corrected chi connectivity index (χ1v) is 5.19. The molecule has 15 heavy (non-hydrogen) atoms.